The second-order valence-electron chi connectivity index (χ2n) is 4.83. The lowest BCUT2D eigenvalue weighted by Gasteiger charge is -2.03. The molecule has 0 aliphatic carbocycles. The van der Waals surface area contributed by atoms with Crippen LogP contribution in [0.2, 0.25) is 0 Å². The zero-order valence-electron chi connectivity index (χ0n) is 11.5. The molecule has 1 heterocycles. The Balaban J connectivity index is 2.18. The molecule has 0 fully saturated rings. The molecule has 0 radical (unpaired) electrons. The third-order valence-corrected chi connectivity index (χ3v) is 4.42. The molecular formula is C14H21N3OS. The van der Waals surface area contributed by atoms with Gasteiger partial charge in [-0.25, -0.2) is 0 Å². The SMILES string of the molecule is CCn1nc(CS(=O)CCC(C)N)c2ccccc21. The van der Waals surface area contributed by atoms with Gasteiger partial charge in [0, 0.05) is 34.5 Å². The summed E-state index contributed by atoms with van der Waals surface area (Å²) >= 11 is 0. The van der Waals surface area contributed by atoms with E-state index < -0.39 is 10.8 Å². The molecular weight excluding hydrogens is 258 g/mol. The number of aryl methyl sites for hydroxylation is 1. The van der Waals surface area contributed by atoms with Crippen molar-refractivity contribution < 1.29 is 4.21 Å². The molecule has 0 saturated carbocycles. The molecule has 0 aliphatic heterocycles. The molecule has 104 valence electrons. The second-order valence-corrected chi connectivity index (χ2v) is 6.41. The van der Waals surface area contributed by atoms with Crippen molar-refractivity contribution in [1.82, 2.24) is 9.78 Å². The predicted octanol–water partition coefficient (Wildman–Crippen LogP) is 2.04. The number of nitrogens with two attached hydrogens (primary N) is 1. The van der Waals surface area contributed by atoms with Crippen LogP contribution in [-0.4, -0.2) is 25.8 Å². The minimum absolute atomic E-state index is 0.105. The van der Waals surface area contributed by atoms with Gasteiger partial charge in [0.25, 0.3) is 0 Å². The second kappa shape index (κ2) is 6.30. The van der Waals surface area contributed by atoms with Gasteiger partial charge in [-0.1, -0.05) is 18.2 Å². The van der Waals surface area contributed by atoms with E-state index in [-0.39, 0.29) is 6.04 Å². The summed E-state index contributed by atoms with van der Waals surface area (Å²) in [7, 11) is -0.892. The Labute approximate surface area is 116 Å². The molecule has 0 saturated heterocycles. The van der Waals surface area contributed by atoms with Crippen molar-refractivity contribution >= 4 is 21.7 Å². The molecule has 2 atom stereocenters. The molecule has 0 bridgehead atoms. The van der Waals surface area contributed by atoms with E-state index in [9.17, 15) is 4.21 Å². The summed E-state index contributed by atoms with van der Waals surface area (Å²) in [6, 6.07) is 8.21. The van der Waals surface area contributed by atoms with Gasteiger partial charge in [0.2, 0.25) is 0 Å². The van der Waals surface area contributed by atoms with Crippen LogP contribution in [0.4, 0.5) is 0 Å². The van der Waals surface area contributed by atoms with Gasteiger partial charge in [-0.15, -0.1) is 0 Å². The van der Waals surface area contributed by atoms with Gasteiger partial charge in [0.15, 0.2) is 0 Å². The van der Waals surface area contributed by atoms with E-state index in [1.807, 2.05) is 29.8 Å². The Kier molecular flexibility index (Phi) is 4.71. The predicted molar refractivity (Wildman–Crippen MR) is 80.4 cm³/mol. The van der Waals surface area contributed by atoms with E-state index in [1.165, 1.54) is 0 Å². The monoisotopic (exact) mass is 279 g/mol. The van der Waals surface area contributed by atoms with Gasteiger partial charge in [0.05, 0.1) is 17.0 Å². The van der Waals surface area contributed by atoms with E-state index in [4.69, 9.17) is 5.73 Å². The molecule has 4 nitrogen and oxygen atoms in total. The number of hydrogen-bond acceptors (Lipinski definition) is 3. The maximum Gasteiger partial charge on any atom is 0.0828 e. The van der Waals surface area contributed by atoms with E-state index in [1.54, 1.807) is 0 Å². The Morgan fingerprint density at radius 2 is 2.16 bits per heavy atom. The lowest BCUT2D eigenvalue weighted by atomic mass is 10.2. The smallest absolute Gasteiger partial charge is 0.0828 e. The number of para-hydroxylation sites is 1. The molecule has 2 rings (SSSR count). The van der Waals surface area contributed by atoms with Gasteiger partial charge in [-0.05, 0) is 26.3 Å². The van der Waals surface area contributed by atoms with Crippen LogP contribution in [0.15, 0.2) is 24.3 Å². The van der Waals surface area contributed by atoms with Crippen molar-refractivity contribution in [3.63, 3.8) is 0 Å². The third kappa shape index (κ3) is 3.42. The van der Waals surface area contributed by atoms with Gasteiger partial charge >= 0.3 is 0 Å². The molecule has 1 aromatic heterocycles. The molecule has 2 N–H and O–H groups in total. The van der Waals surface area contributed by atoms with Gasteiger partial charge in [0.1, 0.15) is 0 Å². The highest BCUT2D eigenvalue weighted by atomic mass is 32.2. The van der Waals surface area contributed by atoms with Crippen molar-refractivity contribution in [3.8, 4) is 0 Å². The van der Waals surface area contributed by atoms with Crippen molar-refractivity contribution in [2.75, 3.05) is 5.75 Å². The normalized spacial score (nSPS) is 14.7. The Morgan fingerprint density at radius 3 is 2.84 bits per heavy atom. The number of benzene rings is 1. The maximum atomic E-state index is 12.1. The van der Waals surface area contributed by atoms with Crippen LogP contribution in [-0.2, 0) is 23.1 Å². The van der Waals surface area contributed by atoms with Gasteiger partial charge < -0.3 is 5.73 Å². The molecule has 5 heteroatoms. The molecule has 0 aliphatic rings. The zero-order chi connectivity index (χ0) is 13.8. The Hall–Kier alpha value is -1.20. The highest BCUT2D eigenvalue weighted by molar-refractivity contribution is 7.84. The van der Waals surface area contributed by atoms with Gasteiger partial charge in [-0.2, -0.15) is 5.10 Å². The first-order valence-electron chi connectivity index (χ1n) is 6.66. The molecule has 2 aromatic rings. The third-order valence-electron chi connectivity index (χ3n) is 3.13. The van der Waals surface area contributed by atoms with Crippen LogP contribution >= 0.6 is 0 Å². The van der Waals surface area contributed by atoms with Crippen molar-refractivity contribution in [1.29, 1.82) is 0 Å². The number of rotatable bonds is 6. The highest BCUT2D eigenvalue weighted by Crippen LogP contribution is 2.19. The van der Waals surface area contributed by atoms with E-state index >= 15 is 0 Å². The van der Waals surface area contributed by atoms with Crippen LogP contribution in [0.3, 0.4) is 0 Å². The number of aromatic nitrogens is 2. The zero-order valence-corrected chi connectivity index (χ0v) is 12.3. The molecule has 19 heavy (non-hydrogen) atoms. The fourth-order valence-electron chi connectivity index (χ4n) is 2.09. The van der Waals surface area contributed by atoms with Crippen molar-refractivity contribution in [3.05, 3.63) is 30.0 Å². The lowest BCUT2D eigenvalue weighted by Crippen LogP contribution is -2.18. The Morgan fingerprint density at radius 1 is 1.42 bits per heavy atom. The molecule has 2 unspecified atom stereocenters. The van der Waals surface area contributed by atoms with E-state index in [0.29, 0.717) is 11.5 Å². The Bertz CT molecular complexity index is 577. The minimum Gasteiger partial charge on any atom is -0.328 e. The highest BCUT2D eigenvalue weighted by Gasteiger charge is 2.12. The first-order chi connectivity index (χ1) is 9.11. The van der Waals surface area contributed by atoms with E-state index in [2.05, 4.69) is 18.1 Å². The fourth-order valence-corrected chi connectivity index (χ4v) is 3.38. The summed E-state index contributed by atoms with van der Waals surface area (Å²) in [5, 5.41) is 5.68. The summed E-state index contributed by atoms with van der Waals surface area (Å²) in [6.45, 7) is 4.83. The first-order valence-corrected chi connectivity index (χ1v) is 8.15. The van der Waals surface area contributed by atoms with Gasteiger partial charge in [-0.3, -0.25) is 8.89 Å². The number of hydrogen-bond donors (Lipinski definition) is 1. The number of fused-ring (bicyclic) bond motifs is 1. The molecule has 0 spiro atoms. The largest absolute Gasteiger partial charge is 0.328 e. The van der Waals surface area contributed by atoms with Crippen LogP contribution in [0, 0.1) is 0 Å². The van der Waals surface area contributed by atoms with Crippen molar-refractivity contribution in [2.45, 2.75) is 38.6 Å². The summed E-state index contributed by atoms with van der Waals surface area (Å²) in [5.74, 6) is 1.16. The maximum absolute atomic E-state index is 12.1. The standard InChI is InChI=1S/C14H21N3OS/c1-3-17-14-7-5-4-6-12(14)13(16-17)10-19(18)9-8-11(2)15/h4-7,11H,3,8-10,15H2,1-2H3. The average Bonchev–Trinajstić information content (AvgIpc) is 2.75. The summed E-state index contributed by atoms with van der Waals surface area (Å²) < 4.78 is 14.0. The van der Waals surface area contributed by atoms with Crippen LogP contribution in [0.25, 0.3) is 10.9 Å². The summed E-state index contributed by atoms with van der Waals surface area (Å²) in [4.78, 5) is 0. The van der Waals surface area contributed by atoms with Crippen molar-refractivity contribution in [2.24, 2.45) is 5.73 Å². The van der Waals surface area contributed by atoms with Crippen LogP contribution < -0.4 is 5.73 Å². The summed E-state index contributed by atoms with van der Waals surface area (Å²) in [5.41, 5.74) is 7.74. The quantitative estimate of drug-likeness (QED) is 0.880. The lowest BCUT2D eigenvalue weighted by molar-refractivity contribution is 0.660. The first kappa shape index (κ1) is 14.2. The summed E-state index contributed by atoms with van der Waals surface area (Å²) in [6.07, 6.45) is 0.791. The van der Waals surface area contributed by atoms with Crippen LogP contribution in [0.1, 0.15) is 26.0 Å². The topological polar surface area (TPSA) is 60.9 Å². The average molecular weight is 279 g/mol. The van der Waals surface area contributed by atoms with Crippen LogP contribution in [0.5, 0.6) is 0 Å². The number of nitrogens with zero attached hydrogens (tertiary/aromatic N) is 2. The minimum atomic E-state index is -0.892. The fraction of sp³-hybridized carbons (Fsp3) is 0.500. The molecule has 1 aromatic carbocycles. The van der Waals surface area contributed by atoms with E-state index in [0.717, 1.165) is 29.6 Å². The molecule has 0 amide bonds.